The van der Waals surface area contributed by atoms with Crippen LogP contribution >= 0.6 is 11.6 Å². The molecule has 3 nitrogen and oxygen atoms in total. The molecule has 3 fully saturated rings. The van der Waals surface area contributed by atoms with Crippen LogP contribution in [-0.2, 0) is 14.2 Å². The van der Waals surface area contributed by atoms with Crippen LogP contribution in [0.1, 0.15) is 19.3 Å². The molecule has 4 heteroatoms. The monoisotopic (exact) mass is 218 g/mol. The first-order valence-corrected chi connectivity index (χ1v) is 5.89. The second kappa shape index (κ2) is 3.63. The molecule has 0 bridgehead atoms. The van der Waals surface area contributed by atoms with E-state index in [1.807, 2.05) is 0 Å². The number of hydrogen-bond acceptors (Lipinski definition) is 3. The minimum absolute atomic E-state index is 0.0242. The molecule has 3 aliphatic rings. The fraction of sp³-hybridized carbons (Fsp3) is 1.00. The van der Waals surface area contributed by atoms with Gasteiger partial charge in [-0.15, -0.1) is 11.6 Å². The topological polar surface area (TPSA) is 31.0 Å². The summed E-state index contributed by atoms with van der Waals surface area (Å²) in [6.07, 6.45) is 4.56. The van der Waals surface area contributed by atoms with Gasteiger partial charge in [0.25, 0.3) is 0 Å². The van der Waals surface area contributed by atoms with Gasteiger partial charge in [0, 0.05) is 5.92 Å². The summed E-state index contributed by atoms with van der Waals surface area (Å²) in [7, 11) is 0. The molecule has 0 radical (unpaired) electrons. The molecule has 2 heterocycles. The third kappa shape index (κ3) is 1.67. The lowest BCUT2D eigenvalue weighted by atomic mass is 9.89. The van der Waals surface area contributed by atoms with E-state index in [2.05, 4.69) is 0 Å². The summed E-state index contributed by atoms with van der Waals surface area (Å²) in [5, 5.41) is 0. The van der Waals surface area contributed by atoms with Crippen LogP contribution < -0.4 is 0 Å². The van der Waals surface area contributed by atoms with E-state index < -0.39 is 0 Å². The van der Waals surface area contributed by atoms with E-state index in [-0.39, 0.29) is 12.4 Å². The Kier molecular flexibility index (Phi) is 2.44. The lowest BCUT2D eigenvalue weighted by Gasteiger charge is -2.23. The highest BCUT2D eigenvalue weighted by Crippen LogP contribution is 2.42. The zero-order valence-corrected chi connectivity index (χ0v) is 8.78. The van der Waals surface area contributed by atoms with Crippen molar-refractivity contribution in [3.05, 3.63) is 0 Å². The molecular weight excluding hydrogens is 204 g/mol. The quantitative estimate of drug-likeness (QED) is 0.520. The van der Waals surface area contributed by atoms with E-state index in [4.69, 9.17) is 25.8 Å². The van der Waals surface area contributed by atoms with Crippen LogP contribution in [0, 0.1) is 5.92 Å². The number of epoxide rings is 1. The van der Waals surface area contributed by atoms with Crippen molar-refractivity contribution in [2.24, 2.45) is 5.92 Å². The number of hydrogen-bond donors (Lipinski definition) is 0. The molecule has 1 saturated carbocycles. The Hall–Kier alpha value is 0.170. The molecule has 0 aromatic rings. The van der Waals surface area contributed by atoms with Crippen molar-refractivity contribution >= 4 is 11.6 Å². The highest BCUT2D eigenvalue weighted by atomic mass is 35.5. The van der Waals surface area contributed by atoms with Gasteiger partial charge in [0.15, 0.2) is 6.29 Å². The van der Waals surface area contributed by atoms with Crippen molar-refractivity contribution in [3.63, 3.8) is 0 Å². The molecule has 0 spiro atoms. The summed E-state index contributed by atoms with van der Waals surface area (Å²) in [4.78, 5) is 0. The first-order valence-electron chi connectivity index (χ1n) is 5.35. The van der Waals surface area contributed by atoms with E-state index in [9.17, 15) is 0 Å². The van der Waals surface area contributed by atoms with Gasteiger partial charge < -0.3 is 14.2 Å². The van der Waals surface area contributed by atoms with Gasteiger partial charge in [-0.3, -0.25) is 0 Å². The smallest absolute Gasteiger partial charge is 0.161 e. The molecule has 2 saturated heterocycles. The van der Waals surface area contributed by atoms with E-state index in [1.54, 1.807) is 0 Å². The number of rotatable bonds is 2. The molecule has 14 heavy (non-hydrogen) atoms. The van der Waals surface area contributed by atoms with Crippen LogP contribution in [0.25, 0.3) is 0 Å². The molecule has 0 unspecified atom stereocenters. The molecular formula is C10H15ClO3. The number of ether oxygens (including phenoxy) is 3. The summed E-state index contributed by atoms with van der Waals surface area (Å²) < 4.78 is 16.8. The third-order valence-electron chi connectivity index (χ3n) is 3.37. The summed E-state index contributed by atoms with van der Waals surface area (Å²) >= 11 is 5.72. The van der Waals surface area contributed by atoms with Crippen LogP contribution in [0.2, 0.25) is 0 Å². The predicted molar refractivity (Wildman–Crippen MR) is 51.3 cm³/mol. The van der Waals surface area contributed by atoms with E-state index in [1.165, 1.54) is 12.8 Å². The largest absolute Gasteiger partial charge is 0.370 e. The predicted octanol–water partition coefficient (Wildman–Crippen LogP) is 1.53. The van der Waals surface area contributed by atoms with Crippen molar-refractivity contribution < 1.29 is 14.2 Å². The maximum absolute atomic E-state index is 5.72. The minimum Gasteiger partial charge on any atom is -0.370 e. The van der Waals surface area contributed by atoms with Crippen molar-refractivity contribution in [1.29, 1.82) is 0 Å². The highest BCUT2D eigenvalue weighted by Gasteiger charge is 2.47. The Morgan fingerprint density at radius 2 is 2.07 bits per heavy atom. The van der Waals surface area contributed by atoms with Crippen molar-refractivity contribution in [2.75, 3.05) is 12.5 Å². The van der Waals surface area contributed by atoms with Gasteiger partial charge in [-0.1, -0.05) is 0 Å². The number of alkyl halides is 1. The van der Waals surface area contributed by atoms with Gasteiger partial charge in [-0.05, 0) is 19.3 Å². The molecule has 5 atom stereocenters. The second-order valence-electron chi connectivity index (χ2n) is 4.40. The molecule has 0 aromatic carbocycles. The van der Waals surface area contributed by atoms with Gasteiger partial charge in [0.05, 0.1) is 30.8 Å². The maximum Gasteiger partial charge on any atom is 0.161 e. The van der Waals surface area contributed by atoms with E-state index >= 15 is 0 Å². The van der Waals surface area contributed by atoms with Crippen molar-refractivity contribution in [2.45, 2.75) is 43.9 Å². The zero-order chi connectivity index (χ0) is 9.54. The van der Waals surface area contributed by atoms with Gasteiger partial charge >= 0.3 is 0 Å². The standard InChI is InChI=1S/C10H15ClO3/c11-4-7-5-12-10(13-7)6-1-2-8-9(3-6)14-8/h6-10H,1-5H2/t6-,7-,8-,9+,10+/m1/s1. The maximum atomic E-state index is 5.72. The Morgan fingerprint density at radius 1 is 1.14 bits per heavy atom. The molecule has 3 rings (SSSR count). The molecule has 0 aromatic heterocycles. The van der Waals surface area contributed by atoms with Gasteiger partial charge in [-0.2, -0.15) is 0 Å². The van der Waals surface area contributed by atoms with Crippen LogP contribution in [-0.4, -0.2) is 37.1 Å². The Labute approximate surface area is 88.7 Å². The number of halogens is 1. The lowest BCUT2D eigenvalue weighted by Crippen LogP contribution is -2.27. The Balaban J connectivity index is 1.55. The minimum atomic E-state index is -0.0242. The van der Waals surface area contributed by atoms with Crippen molar-refractivity contribution in [1.82, 2.24) is 0 Å². The molecule has 0 N–H and O–H groups in total. The van der Waals surface area contributed by atoms with Crippen LogP contribution in [0.3, 0.4) is 0 Å². The van der Waals surface area contributed by atoms with Gasteiger partial charge in [0.1, 0.15) is 0 Å². The van der Waals surface area contributed by atoms with Crippen LogP contribution in [0.4, 0.5) is 0 Å². The summed E-state index contributed by atoms with van der Waals surface area (Å²) in [6, 6.07) is 0. The molecule has 1 aliphatic carbocycles. The molecule has 80 valence electrons. The van der Waals surface area contributed by atoms with Crippen molar-refractivity contribution in [3.8, 4) is 0 Å². The second-order valence-corrected chi connectivity index (χ2v) is 4.71. The Morgan fingerprint density at radius 3 is 2.79 bits per heavy atom. The zero-order valence-electron chi connectivity index (χ0n) is 8.02. The number of fused-ring (bicyclic) bond motifs is 1. The first-order chi connectivity index (χ1) is 6.86. The van der Waals surface area contributed by atoms with Crippen LogP contribution in [0.15, 0.2) is 0 Å². The summed E-state index contributed by atoms with van der Waals surface area (Å²) in [5.74, 6) is 1.05. The summed E-state index contributed by atoms with van der Waals surface area (Å²) in [5.41, 5.74) is 0. The van der Waals surface area contributed by atoms with E-state index in [0.29, 0.717) is 30.6 Å². The van der Waals surface area contributed by atoms with Crippen LogP contribution in [0.5, 0.6) is 0 Å². The lowest BCUT2D eigenvalue weighted by molar-refractivity contribution is -0.100. The fourth-order valence-electron chi connectivity index (χ4n) is 2.48. The Bertz CT molecular complexity index is 223. The fourth-order valence-corrected chi connectivity index (χ4v) is 2.64. The van der Waals surface area contributed by atoms with Gasteiger partial charge in [-0.25, -0.2) is 0 Å². The average molecular weight is 219 g/mol. The molecule has 0 amide bonds. The molecule has 2 aliphatic heterocycles. The highest BCUT2D eigenvalue weighted by molar-refractivity contribution is 6.18. The summed E-state index contributed by atoms with van der Waals surface area (Å²) in [6.45, 7) is 0.652. The third-order valence-corrected chi connectivity index (χ3v) is 3.72. The SMILES string of the molecule is ClC[C@@H]1CO[C@H]([C@@H]2CC[C@H]3O[C@H]3C2)O1. The van der Waals surface area contributed by atoms with Gasteiger partial charge in [0.2, 0.25) is 0 Å². The average Bonchev–Trinajstić information content (AvgIpc) is 2.84. The van der Waals surface area contributed by atoms with E-state index in [0.717, 1.165) is 6.42 Å². The normalized spacial score (nSPS) is 51.6. The first kappa shape index (κ1) is 9.40.